The Labute approximate surface area is 363 Å². The molecule has 0 heterocycles. The molecule has 340 valence electrons. The molecule has 0 aliphatic heterocycles. The zero-order chi connectivity index (χ0) is 42.3. The van der Waals surface area contributed by atoms with E-state index in [4.69, 9.17) is 18.9 Å². The normalized spacial score (nSPS) is 12.5. The molecule has 0 aromatic rings. The van der Waals surface area contributed by atoms with Crippen molar-refractivity contribution in [2.45, 2.75) is 239 Å². The van der Waals surface area contributed by atoms with E-state index in [1.807, 2.05) is 6.08 Å². The van der Waals surface area contributed by atoms with Gasteiger partial charge in [0.15, 0.2) is 0 Å². The quantitative estimate of drug-likeness (QED) is 0.0348. The Morgan fingerprint density at radius 1 is 0.431 bits per heavy atom. The lowest BCUT2D eigenvalue weighted by Crippen LogP contribution is -2.11. The monoisotopic (exact) mass is 813 g/mol. The minimum Gasteiger partial charge on any atom is -0.501 e. The van der Waals surface area contributed by atoms with Gasteiger partial charge in [-0.25, -0.2) is 0 Å². The van der Waals surface area contributed by atoms with Crippen molar-refractivity contribution in [1.82, 2.24) is 0 Å². The summed E-state index contributed by atoms with van der Waals surface area (Å²) in [7, 11) is 0. The maximum absolute atomic E-state index is 6.29. The summed E-state index contributed by atoms with van der Waals surface area (Å²) < 4.78 is 24.2. The van der Waals surface area contributed by atoms with E-state index in [1.165, 1.54) is 193 Å². The Bertz CT molecular complexity index is 935. The summed E-state index contributed by atoms with van der Waals surface area (Å²) in [6.07, 6.45) is 52.5. The zero-order valence-corrected chi connectivity index (χ0v) is 39.4. The molecular formula is C54H100O4. The van der Waals surface area contributed by atoms with Crippen LogP contribution in [0.5, 0.6) is 0 Å². The minimum absolute atomic E-state index is 0.618. The SMILES string of the molecule is C=CC(=C)/C(=C\C(C=C)=C\OCCCCOCCCCCCCCCCCC)OCCCCOCC(CCCCCCCCCC)CCCCCCCCCCCC. The van der Waals surface area contributed by atoms with Crippen molar-refractivity contribution >= 4 is 0 Å². The molecule has 0 radical (unpaired) electrons. The molecule has 0 N–H and O–H groups in total. The van der Waals surface area contributed by atoms with Crippen molar-refractivity contribution in [2.75, 3.05) is 39.6 Å². The standard InChI is InChI=1S/C54H100O4/c1-7-12-15-18-21-24-26-29-32-35-42-53(41-34-31-28-23-20-17-14-9-3)50-57-46-39-40-47-58-54(51(6)10-4)48-52(11-5)49-56-45-38-37-44-55-43-36-33-30-27-25-22-19-16-13-8-2/h10-11,48-49,53H,4-9,12-47,50H2,1-3H3/b52-49+,54-48+. The molecule has 0 aromatic carbocycles. The molecule has 4 heteroatoms. The highest BCUT2D eigenvalue weighted by molar-refractivity contribution is 5.40. The predicted octanol–water partition coefficient (Wildman–Crippen LogP) is 17.7. The fraction of sp³-hybridized carbons (Fsp3) is 0.815. The van der Waals surface area contributed by atoms with Gasteiger partial charge >= 0.3 is 0 Å². The van der Waals surface area contributed by atoms with E-state index >= 15 is 0 Å². The number of rotatable bonds is 49. The number of ether oxygens (including phenoxy) is 4. The second kappa shape index (κ2) is 47.9. The first kappa shape index (κ1) is 56.2. The third-order valence-corrected chi connectivity index (χ3v) is 11.5. The van der Waals surface area contributed by atoms with Gasteiger partial charge in [-0.1, -0.05) is 226 Å². The van der Waals surface area contributed by atoms with Crippen LogP contribution in [0.1, 0.15) is 239 Å². The lowest BCUT2D eigenvalue weighted by molar-refractivity contribution is 0.0838. The molecule has 0 spiro atoms. The van der Waals surface area contributed by atoms with Crippen LogP contribution in [0.4, 0.5) is 0 Å². The lowest BCUT2D eigenvalue weighted by atomic mass is 9.94. The highest BCUT2D eigenvalue weighted by Crippen LogP contribution is 2.21. The summed E-state index contributed by atoms with van der Waals surface area (Å²) in [5.74, 6) is 1.42. The molecule has 0 rings (SSSR count). The van der Waals surface area contributed by atoms with Crippen LogP contribution in [-0.4, -0.2) is 39.6 Å². The van der Waals surface area contributed by atoms with Crippen molar-refractivity contribution in [2.24, 2.45) is 5.92 Å². The van der Waals surface area contributed by atoms with Gasteiger partial charge in [0.25, 0.3) is 0 Å². The molecule has 0 aliphatic carbocycles. The van der Waals surface area contributed by atoms with Crippen molar-refractivity contribution in [3.05, 3.63) is 61.1 Å². The summed E-state index contributed by atoms with van der Waals surface area (Å²) in [5, 5.41) is 0. The Balaban J connectivity index is 4.36. The average Bonchev–Trinajstić information content (AvgIpc) is 3.24. The van der Waals surface area contributed by atoms with E-state index in [2.05, 4.69) is 40.5 Å². The fourth-order valence-corrected chi connectivity index (χ4v) is 7.50. The van der Waals surface area contributed by atoms with Crippen LogP contribution in [0.25, 0.3) is 0 Å². The molecule has 1 atom stereocenters. The fourth-order valence-electron chi connectivity index (χ4n) is 7.50. The first-order valence-corrected chi connectivity index (χ1v) is 25.4. The Morgan fingerprint density at radius 2 is 0.810 bits per heavy atom. The van der Waals surface area contributed by atoms with Crippen LogP contribution in [0, 0.1) is 5.92 Å². The lowest BCUT2D eigenvalue weighted by Gasteiger charge is -2.17. The van der Waals surface area contributed by atoms with Gasteiger partial charge in [-0.15, -0.1) is 0 Å². The van der Waals surface area contributed by atoms with E-state index in [1.54, 1.807) is 18.4 Å². The second-order valence-electron chi connectivity index (χ2n) is 17.2. The van der Waals surface area contributed by atoms with Crippen molar-refractivity contribution in [3.63, 3.8) is 0 Å². The van der Waals surface area contributed by atoms with Gasteiger partial charge in [-0.2, -0.15) is 0 Å². The Hall–Kier alpha value is -1.78. The molecule has 1 unspecified atom stereocenters. The summed E-state index contributed by atoms with van der Waals surface area (Å²) in [4.78, 5) is 0. The van der Waals surface area contributed by atoms with Crippen molar-refractivity contribution < 1.29 is 18.9 Å². The largest absolute Gasteiger partial charge is 0.501 e. The van der Waals surface area contributed by atoms with E-state index in [-0.39, 0.29) is 0 Å². The summed E-state index contributed by atoms with van der Waals surface area (Å²) >= 11 is 0. The van der Waals surface area contributed by atoms with Gasteiger partial charge in [0.1, 0.15) is 5.76 Å². The topological polar surface area (TPSA) is 36.9 Å². The first-order valence-electron chi connectivity index (χ1n) is 25.4. The Kier molecular flexibility index (Phi) is 46.4. The highest BCUT2D eigenvalue weighted by Gasteiger charge is 2.10. The average molecular weight is 813 g/mol. The molecule has 0 fully saturated rings. The zero-order valence-electron chi connectivity index (χ0n) is 39.4. The first-order chi connectivity index (χ1) is 28.6. The van der Waals surface area contributed by atoms with Gasteiger partial charge in [-0.3, -0.25) is 0 Å². The van der Waals surface area contributed by atoms with E-state index in [9.17, 15) is 0 Å². The molecule has 4 nitrogen and oxygen atoms in total. The van der Waals surface area contributed by atoms with Gasteiger partial charge in [0.05, 0.1) is 19.5 Å². The summed E-state index contributed by atoms with van der Waals surface area (Å²) in [6, 6.07) is 0. The molecule has 58 heavy (non-hydrogen) atoms. The van der Waals surface area contributed by atoms with Gasteiger partial charge in [0, 0.05) is 37.6 Å². The highest BCUT2D eigenvalue weighted by atomic mass is 16.5. The van der Waals surface area contributed by atoms with Crippen LogP contribution in [0.3, 0.4) is 0 Å². The third-order valence-electron chi connectivity index (χ3n) is 11.5. The van der Waals surface area contributed by atoms with Gasteiger partial charge < -0.3 is 18.9 Å². The molecule has 0 bridgehead atoms. The summed E-state index contributed by atoms with van der Waals surface area (Å²) in [5.41, 5.74) is 1.63. The van der Waals surface area contributed by atoms with Crippen LogP contribution in [0.15, 0.2) is 61.1 Å². The van der Waals surface area contributed by atoms with Gasteiger partial charge in [-0.05, 0) is 56.9 Å². The molecule has 0 saturated heterocycles. The van der Waals surface area contributed by atoms with Crippen LogP contribution < -0.4 is 0 Å². The second-order valence-corrected chi connectivity index (χ2v) is 17.2. The van der Waals surface area contributed by atoms with Crippen molar-refractivity contribution in [1.29, 1.82) is 0 Å². The molecule has 0 saturated carbocycles. The number of unbranched alkanes of at least 4 members (excludes halogenated alkanes) is 27. The number of hydrogen-bond donors (Lipinski definition) is 0. The maximum Gasteiger partial charge on any atom is 0.126 e. The molecular weight excluding hydrogens is 713 g/mol. The molecule has 0 aromatic heterocycles. The number of allylic oxidation sites excluding steroid dienone is 4. The van der Waals surface area contributed by atoms with Crippen molar-refractivity contribution in [3.8, 4) is 0 Å². The van der Waals surface area contributed by atoms with Crippen LogP contribution in [0.2, 0.25) is 0 Å². The van der Waals surface area contributed by atoms with E-state index in [0.717, 1.165) is 63.3 Å². The molecule has 0 amide bonds. The third kappa shape index (κ3) is 41.0. The van der Waals surface area contributed by atoms with Crippen LogP contribution in [-0.2, 0) is 18.9 Å². The Morgan fingerprint density at radius 3 is 1.26 bits per heavy atom. The molecule has 0 aliphatic rings. The predicted molar refractivity (Wildman–Crippen MR) is 257 cm³/mol. The minimum atomic E-state index is 0.618. The van der Waals surface area contributed by atoms with E-state index in [0.29, 0.717) is 24.9 Å². The summed E-state index contributed by atoms with van der Waals surface area (Å²) in [6.45, 7) is 23.6. The smallest absolute Gasteiger partial charge is 0.126 e. The van der Waals surface area contributed by atoms with Crippen LogP contribution >= 0.6 is 0 Å². The number of hydrogen-bond acceptors (Lipinski definition) is 4. The van der Waals surface area contributed by atoms with E-state index < -0.39 is 0 Å². The maximum atomic E-state index is 6.29. The van der Waals surface area contributed by atoms with Gasteiger partial charge in [0.2, 0.25) is 0 Å².